The standard InChI is InChI=1S/C27H36O6/c1-8-14(2)24(30)33-23-15(3)11-26-16(4)9-20-21(25(20,6)7)19(22(26)29)10-18(12-27(23,26)31)13-32-17(5)28/h8,10-11,16,19-21,23,31H,9,12-13H2,1-7H3/b14-8-/t16-,19-,20-,21+,23+,26+,27+/m1/s1. The van der Waals surface area contributed by atoms with E-state index in [0.29, 0.717) is 22.6 Å². The topological polar surface area (TPSA) is 89.9 Å². The first kappa shape index (κ1) is 23.9. The Morgan fingerprint density at radius 1 is 1.27 bits per heavy atom. The van der Waals surface area contributed by atoms with Crippen LogP contribution >= 0.6 is 0 Å². The van der Waals surface area contributed by atoms with Gasteiger partial charge in [-0.3, -0.25) is 9.59 Å². The lowest BCUT2D eigenvalue weighted by Crippen LogP contribution is -2.60. The Bertz CT molecular complexity index is 1000. The maximum absolute atomic E-state index is 14.3. The molecule has 0 aliphatic heterocycles. The Kier molecular flexibility index (Phi) is 5.55. The van der Waals surface area contributed by atoms with Crippen molar-refractivity contribution in [3.8, 4) is 0 Å². The van der Waals surface area contributed by atoms with Crippen molar-refractivity contribution >= 4 is 17.7 Å². The molecular weight excluding hydrogens is 420 g/mol. The third kappa shape index (κ3) is 3.28. The Hall–Kier alpha value is -2.21. The van der Waals surface area contributed by atoms with Gasteiger partial charge in [-0.1, -0.05) is 39.0 Å². The minimum absolute atomic E-state index is 0.00551. The van der Waals surface area contributed by atoms with Crippen LogP contribution in [0.15, 0.2) is 34.9 Å². The number of fused-ring (bicyclic) bond motifs is 3. The summed E-state index contributed by atoms with van der Waals surface area (Å²) in [7, 11) is 0. The molecule has 0 radical (unpaired) electrons. The molecule has 4 aliphatic rings. The second-order valence-electron chi connectivity index (χ2n) is 11.2. The minimum Gasteiger partial charge on any atom is -0.461 e. The van der Waals surface area contributed by atoms with Crippen LogP contribution in [0.2, 0.25) is 0 Å². The van der Waals surface area contributed by atoms with E-state index in [1.165, 1.54) is 6.92 Å². The molecule has 0 heterocycles. The molecule has 0 amide bonds. The number of rotatable bonds is 4. The normalized spacial score (nSPS) is 41.0. The van der Waals surface area contributed by atoms with Gasteiger partial charge in [0.15, 0.2) is 11.9 Å². The predicted octanol–water partition coefficient (Wildman–Crippen LogP) is 3.93. The highest BCUT2D eigenvalue weighted by Crippen LogP contribution is 2.71. The summed E-state index contributed by atoms with van der Waals surface area (Å²) in [5.74, 6) is -0.878. The molecule has 7 atom stereocenters. The van der Waals surface area contributed by atoms with E-state index < -0.39 is 29.1 Å². The Morgan fingerprint density at radius 2 is 1.94 bits per heavy atom. The van der Waals surface area contributed by atoms with Crippen LogP contribution in [0.4, 0.5) is 0 Å². The summed E-state index contributed by atoms with van der Waals surface area (Å²) in [6.45, 7) is 13.1. The molecule has 6 heteroatoms. The number of ether oxygens (including phenoxy) is 2. The average Bonchev–Trinajstić information content (AvgIpc) is 3.24. The molecular formula is C27H36O6. The van der Waals surface area contributed by atoms with E-state index in [9.17, 15) is 19.5 Å². The summed E-state index contributed by atoms with van der Waals surface area (Å²) in [5.41, 5.74) is -0.924. The number of carbonyl (C=O) groups excluding carboxylic acids is 3. The van der Waals surface area contributed by atoms with Crippen molar-refractivity contribution in [2.45, 2.75) is 73.0 Å². The van der Waals surface area contributed by atoms with Gasteiger partial charge in [-0.15, -0.1) is 0 Å². The number of aliphatic hydroxyl groups is 1. The number of hydrogen-bond donors (Lipinski definition) is 1. The third-order valence-corrected chi connectivity index (χ3v) is 8.99. The van der Waals surface area contributed by atoms with E-state index in [1.54, 1.807) is 19.9 Å². The zero-order valence-corrected chi connectivity index (χ0v) is 20.7. The SMILES string of the molecule is C/C=C(/C)C(=O)O[C@H]1C(C)=C[C@]23C(=O)[C@H](C=C(COC(C)=O)C[C@]12O)[C@H]1[C@@H](C[C@H]3C)C1(C)C. The van der Waals surface area contributed by atoms with Crippen LogP contribution in [0.1, 0.15) is 61.3 Å². The first-order valence-electron chi connectivity index (χ1n) is 11.9. The molecule has 180 valence electrons. The Labute approximate surface area is 196 Å². The zero-order chi connectivity index (χ0) is 24.5. The van der Waals surface area contributed by atoms with Crippen molar-refractivity contribution in [3.05, 3.63) is 34.9 Å². The highest BCUT2D eigenvalue weighted by atomic mass is 16.6. The number of esters is 2. The number of carbonyl (C=O) groups is 3. The average molecular weight is 457 g/mol. The van der Waals surface area contributed by atoms with Gasteiger partial charge in [0, 0.05) is 24.8 Å². The van der Waals surface area contributed by atoms with Gasteiger partial charge in [0.25, 0.3) is 0 Å². The maximum Gasteiger partial charge on any atom is 0.334 e. The van der Waals surface area contributed by atoms with Crippen LogP contribution in [0.25, 0.3) is 0 Å². The molecule has 0 aromatic rings. The summed E-state index contributed by atoms with van der Waals surface area (Å²) >= 11 is 0. The lowest BCUT2D eigenvalue weighted by atomic mass is 9.59. The van der Waals surface area contributed by atoms with Gasteiger partial charge in [-0.25, -0.2) is 4.79 Å². The van der Waals surface area contributed by atoms with Gasteiger partial charge in [0.05, 0.1) is 5.41 Å². The van der Waals surface area contributed by atoms with Gasteiger partial charge < -0.3 is 14.6 Å². The molecule has 0 aromatic heterocycles. The second kappa shape index (κ2) is 7.66. The van der Waals surface area contributed by atoms with Crippen LogP contribution in [-0.4, -0.2) is 41.1 Å². The number of allylic oxidation sites excluding steroid dienone is 2. The molecule has 0 aromatic carbocycles. The molecule has 2 fully saturated rings. The zero-order valence-electron chi connectivity index (χ0n) is 20.7. The van der Waals surface area contributed by atoms with Crippen LogP contribution in [0, 0.1) is 34.5 Å². The molecule has 1 spiro atoms. The summed E-state index contributed by atoms with van der Waals surface area (Å²) in [6.07, 6.45) is 5.47. The summed E-state index contributed by atoms with van der Waals surface area (Å²) < 4.78 is 11.2. The van der Waals surface area contributed by atoms with E-state index in [4.69, 9.17) is 9.47 Å². The number of ketones is 1. The van der Waals surface area contributed by atoms with E-state index in [0.717, 1.165) is 6.42 Å². The fraction of sp³-hybridized carbons (Fsp3) is 0.667. The van der Waals surface area contributed by atoms with E-state index in [-0.39, 0.29) is 42.0 Å². The largest absolute Gasteiger partial charge is 0.461 e. The lowest BCUT2D eigenvalue weighted by molar-refractivity contribution is -0.178. The molecule has 4 aliphatic carbocycles. The molecule has 1 N–H and O–H groups in total. The van der Waals surface area contributed by atoms with Gasteiger partial charge in [-0.05, 0) is 61.5 Å². The van der Waals surface area contributed by atoms with Gasteiger partial charge >= 0.3 is 11.9 Å². The van der Waals surface area contributed by atoms with E-state index >= 15 is 0 Å². The maximum atomic E-state index is 14.3. The summed E-state index contributed by atoms with van der Waals surface area (Å²) in [6, 6.07) is 0. The number of hydrogen-bond acceptors (Lipinski definition) is 6. The molecule has 4 rings (SSSR count). The molecule has 6 nitrogen and oxygen atoms in total. The summed E-state index contributed by atoms with van der Waals surface area (Å²) in [5, 5.41) is 12.4. The smallest absolute Gasteiger partial charge is 0.334 e. The van der Waals surface area contributed by atoms with E-state index in [1.807, 2.05) is 26.0 Å². The van der Waals surface area contributed by atoms with Crippen LogP contribution in [0.5, 0.6) is 0 Å². The molecule has 2 saturated carbocycles. The fourth-order valence-corrected chi connectivity index (χ4v) is 7.08. The lowest BCUT2D eigenvalue weighted by Gasteiger charge is -2.47. The highest BCUT2D eigenvalue weighted by Gasteiger charge is 2.74. The predicted molar refractivity (Wildman–Crippen MR) is 123 cm³/mol. The monoisotopic (exact) mass is 456 g/mol. The Balaban J connectivity index is 1.84. The van der Waals surface area contributed by atoms with Crippen molar-refractivity contribution in [3.63, 3.8) is 0 Å². The van der Waals surface area contributed by atoms with Crippen LogP contribution in [-0.2, 0) is 23.9 Å². The molecule has 33 heavy (non-hydrogen) atoms. The molecule has 0 saturated heterocycles. The Morgan fingerprint density at radius 3 is 2.55 bits per heavy atom. The van der Waals surface area contributed by atoms with Crippen molar-refractivity contribution < 1.29 is 29.0 Å². The molecule has 2 bridgehead atoms. The highest BCUT2D eigenvalue weighted by molar-refractivity contribution is 5.95. The van der Waals surface area contributed by atoms with Crippen molar-refractivity contribution in [1.29, 1.82) is 0 Å². The van der Waals surface area contributed by atoms with Gasteiger partial charge in [-0.2, -0.15) is 0 Å². The van der Waals surface area contributed by atoms with E-state index in [2.05, 4.69) is 13.8 Å². The van der Waals surface area contributed by atoms with Gasteiger partial charge in [0.2, 0.25) is 0 Å². The number of Topliss-reactive ketones (excluding diaryl/α,β-unsaturated/α-hetero) is 1. The minimum atomic E-state index is -1.64. The second-order valence-corrected chi connectivity index (χ2v) is 11.2. The third-order valence-electron chi connectivity index (χ3n) is 8.99. The van der Waals surface area contributed by atoms with Crippen LogP contribution in [0.3, 0.4) is 0 Å². The first-order chi connectivity index (χ1) is 15.3. The van der Waals surface area contributed by atoms with Crippen LogP contribution < -0.4 is 0 Å². The van der Waals surface area contributed by atoms with Crippen molar-refractivity contribution in [2.24, 2.45) is 34.5 Å². The molecule has 0 unspecified atom stereocenters. The quantitative estimate of drug-likeness (QED) is 0.392. The summed E-state index contributed by atoms with van der Waals surface area (Å²) in [4.78, 5) is 38.6. The van der Waals surface area contributed by atoms with Crippen molar-refractivity contribution in [1.82, 2.24) is 0 Å². The van der Waals surface area contributed by atoms with Gasteiger partial charge in [0.1, 0.15) is 12.2 Å². The van der Waals surface area contributed by atoms with Crippen molar-refractivity contribution in [2.75, 3.05) is 6.61 Å². The first-order valence-corrected chi connectivity index (χ1v) is 11.9. The fourth-order valence-electron chi connectivity index (χ4n) is 7.08.